The Morgan fingerprint density at radius 1 is 0.850 bits per heavy atom. The molecule has 4 rings (SSSR count). The van der Waals surface area contributed by atoms with Gasteiger partial charge in [-0.2, -0.15) is 0 Å². The number of fused-ring (bicyclic) bond motifs is 5. The van der Waals surface area contributed by atoms with Crippen molar-refractivity contribution in [3.63, 3.8) is 0 Å². The van der Waals surface area contributed by atoms with E-state index in [4.69, 9.17) is 0 Å². The maximum Gasteiger partial charge on any atom is 0.168 e. The van der Waals surface area contributed by atoms with E-state index in [0.717, 1.165) is 16.8 Å². The number of nitrogens with zero attached hydrogens (tertiary/aromatic N) is 1. The van der Waals surface area contributed by atoms with E-state index in [0.29, 0.717) is 17.7 Å². The summed E-state index contributed by atoms with van der Waals surface area (Å²) >= 11 is 0. The minimum absolute atomic E-state index is 0.367. The molecule has 1 aliphatic heterocycles. The van der Waals surface area contributed by atoms with Crippen LogP contribution in [0.25, 0.3) is 16.9 Å². The first-order valence-electron chi connectivity index (χ1n) is 6.48. The second-order valence-electron chi connectivity index (χ2n) is 4.96. The number of aromatic nitrogens is 1. The summed E-state index contributed by atoms with van der Waals surface area (Å²) in [5.41, 5.74) is 4.00. The highest BCUT2D eigenvalue weighted by Crippen LogP contribution is 2.36. The van der Waals surface area contributed by atoms with E-state index in [1.54, 1.807) is 6.07 Å². The molecule has 0 atom stereocenters. The van der Waals surface area contributed by atoms with Gasteiger partial charge in [0.2, 0.25) is 0 Å². The highest BCUT2D eigenvalue weighted by Gasteiger charge is 2.22. The Bertz CT molecular complexity index is 818. The predicted octanol–water partition coefficient (Wildman–Crippen LogP) is 4.33. The van der Waals surface area contributed by atoms with Crippen LogP contribution in [0.5, 0.6) is 0 Å². The van der Waals surface area contributed by atoms with E-state index >= 15 is 0 Å². The quantitative estimate of drug-likeness (QED) is 0.447. The highest BCUT2D eigenvalue weighted by atomic mass is 19.2. The van der Waals surface area contributed by atoms with Crippen molar-refractivity contribution in [2.75, 3.05) is 0 Å². The van der Waals surface area contributed by atoms with Gasteiger partial charge in [0.1, 0.15) is 0 Å². The van der Waals surface area contributed by atoms with E-state index in [9.17, 15) is 8.78 Å². The summed E-state index contributed by atoms with van der Waals surface area (Å²) in [5.74, 6) is -1.57. The van der Waals surface area contributed by atoms with Crippen LogP contribution in [0, 0.1) is 11.6 Å². The molecule has 1 nitrogen and oxygen atoms in total. The minimum Gasteiger partial charge on any atom is -0.316 e. The smallest absolute Gasteiger partial charge is 0.168 e. The number of para-hydroxylation sites is 1. The van der Waals surface area contributed by atoms with Crippen molar-refractivity contribution in [1.29, 1.82) is 0 Å². The summed E-state index contributed by atoms with van der Waals surface area (Å²) in [6, 6.07) is 14.5. The maximum absolute atomic E-state index is 14.3. The van der Waals surface area contributed by atoms with Gasteiger partial charge in [-0.3, -0.25) is 0 Å². The average molecular weight is 267 g/mol. The lowest BCUT2D eigenvalue weighted by Crippen LogP contribution is -1.97. The van der Waals surface area contributed by atoms with Gasteiger partial charge in [-0.1, -0.05) is 24.3 Å². The molecule has 20 heavy (non-hydrogen) atoms. The summed E-state index contributed by atoms with van der Waals surface area (Å²) in [4.78, 5) is 0. The van der Waals surface area contributed by atoms with Gasteiger partial charge in [0.25, 0.3) is 0 Å². The highest BCUT2D eigenvalue weighted by molar-refractivity contribution is 5.71. The fourth-order valence-electron chi connectivity index (χ4n) is 2.91. The zero-order valence-electron chi connectivity index (χ0n) is 10.6. The Kier molecular flexibility index (Phi) is 2.30. The third kappa shape index (κ3) is 1.46. The molecule has 0 saturated carbocycles. The molecule has 0 N–H and O–H groups in total. The molecule has 2 heterocycles. The van der Waals surface area contributed by atoms with Gasteiger partial charge in [0.05, 0.1) is 5.69 Å². The van der Waals surface area contributed by atoms with Gasteiger partial charge < -0.3 is 4.57 Å². The van der Waals surface area contributed by atoms with Gasteiger partial charge in [-0.15, -0.1) is 0 Å². The number of hydrogen-bond donors (Lipinski definition) is 0. The van der Waals surface area contributed by atoms with Crippen LogP contribution in [-0.2, 0) is 6.42 Å². The number of halogens is 2. The van der Waals surface area contributed by atoms with Gasteiger partial charge in [-0.25, -0.2) is 8.78 Å². The summed E-state index contributed by atoms with van der Waals surface area (Å²) in [6.07, 6.45) is 2.48. The van der Waals surface area contributed by atoms with Crippen LogP contribution >= 0.6 is 0 Å². The van der Waals surface area contributed by atoms with Crippen molar-refractivity contribution in [2.45, 2.75) is 6.42 Å². The molecule has 0 fully saturated rings. The van der Waals surface area contributed by atoms with Crippen molar-refractivity contribution in [2.24, 2.45) is 0 Å². The summed E-state index contributed by atoms with van der Waals surface area (Å²) in [6.45, 7) is 0. The molecule has 0 spiro atoms. The van der Waals surface area contributed by atoms with Gasteiger partial charge in [0.15, 0.2) is 11.6 Å². The average Bonchev–Trinajstić information content (AvgIpc) is 2.88. The SMILES string of the molecule is Fc1ccc2c(c1F)-c1cccn1-c1ccccc1C2. The zero-order chi connectivity index (χ0) is 13.7. The molecular formula is C17H11F2N. The molecule has 0 amide bonds. The number of rotatable bonds is 0. The standard InChI is InChI=1S/C17H11F2N/c18-13-8-7-12-10-11-4-1-2-5-14(11)20-9-3-6-15(20)16(12)17(13)19/h1-9H,10H2. The van der Waals surface area contributed by atoms with E-state index < -0.39 is 11.6 Å². The van der Waals surface area contributed by atoms with Gasteiger partial charge in [-0.05, 0) is 35.4 Å². The summed E-state index contributed by atoms with van der Waals surface area (Å²) < 4.78 is 29.8. The second-order valence-corrected chi connectivity index (χ2v) is 4.96. The Balaban J connectivity index is 2.13. The summed E-state index contributed by atoms with van der Waals surface area (Å²) in [5, 5.41) is 0. The molecule has 98 valence electrons. The van der Waals surface area contributed by atoms with Crippen molar-refractivity contribution >= 4 is 0 Å². The molecule has 2 aromatic carbocycles. The third-order valence-electron chi connectivity index (χ3n) is 3.82. The third-order valence-corrected chi connectivity index (χ3v) is 3.82. The van der Waals surface area contributed by atoms with Crippen LogP contribution in [-0.4, -0.2) is 4.57 Å². The first-order valence-corrected chi connectivity index (χ1v) is 6.48. The zero-order valence-corrected chi connectivity index (χ0v) is 10.6. The van der Waals surface area contributed by atoms with Crippen LogP contribution in [0.3, 0.4) is 0 Å². The van der Waals surface area contributed by atoms with Crippen molar-refractivity contribution in [1.82, 2.24) is 4.57 Å². The predicted molar refractivity (Wildman–Crippen MR) is 73.9 cm³/mol. The Morgan fingerprint density at radius 2 is 1.70 bits per heavy atom. The molecule has 1 aliphatic rings. The first-order chi connectivity index (χ1) is 9.75. The monoisotopic (exact) mass is 267 g/mol. The fourth-order valence-corrected chi connectivity index (χ4v) is 2.91. The van der Waals surface area contributed by atoms with Gasteiger partial charge in [0, 0.05) is 23.9 Å². The molecule has 3 heteroatoms. The lowest BCUT2D eigenvalue weighted by molar-refractivity contribution is 0.510. The van der Waals surface area contributed by atoms with Crippen LogP contribution in [0.15, 0.2) is 54.7 Å². The topological polar surface area (TPSA) is 4.93 Å². The maximum atomic E-state index is 14.3. The van der Waals surface area contributed by atoms with Crippen LogP contribution in [0.2, 0.25) is 0 Å². The molecular weight excluding hydrogens is 256 g/mol. The number of hydrogen-bond acceptors (Lipinski definition) is 0. The minimum atomic E-state index is -0.803. The van der Waals surface area contributed by atoms with Crippen LogP contribution in [0.4, 0.5) is 8.78 Å². The van der Waals surface area contributed by atoms with Gasteiger partial charge >= 0.3 is 0 Å². The van der Waals surface area contributed by atoms with E-state index in [-0.39, 0.29) is 0 Å². The lowest BCUT2D eigenvalue weighted by atomic mass is 9.98. The largest absolute Gasteiger partial charge is 0.316 e. The fraction of sp³-hybridized carbons (Fsp3) is 0.0588. The van der Waals surface area contributed by atoms with E-state index in [1.165, 1.54) is 6.07 Å². The Labute approximate surface area is 115 Å². The molecule has 0 unspecified atom stereocenters. The molecule has 0 saturated heterocycles. The van der Waals surface area contributed by atoms with Crippen molar-refractivity contribution < 1.29 is 8.78 Å². The number of benzene rings is 2. The van der Waals surface area contributed by atoms with Crippen LogP contribution < -0.4 is 0 Å². The Hall–Kier alpha value is -2.42. The van der Waals surface area contributed by atoms with E-state index in [1.807, 2.05) is 47.2 Å². The lowest BCUT2D eigenvalue weighted by Gasteiger charge is -2.10. The van der Waals surface area contributed by atoms with Crippen molar-refractivity contribution in [3.8, 4) is 16.9 Å². The molecule has 1 aromatic heterocycles. The van der Waals surface area contributed by atoms with Crippen LogP contribution in [0.1, 0.15) is 11.1 Å². The molecule has 0 aliphatic carbocycles. The normalized spacial score (nSPS) is 12.3. The molecule has 0 radical (unpaired) electrons. The molecule has 3 aromatic rings. The van der Waals surface area contributed by atoms with E-state index in [2.05, 4.69) is 0 Å². The first kappa shape index (κ1) is 11.4. The van der Waals surface area contributed by atoms with Crippen molar-refractivity contribution in [3.05, 3.63) is 77.5 Å². The molecule has 0 bridgehead atoms. The Morgan fingerprint density at radius 3 is 2.60 bits per heavy atom. The second kappa shape index (κ2) is 4.04. The summed E-state index contributed by atoms with van der Waals surface area (Å²) in [7, 11) is 0.